The minimum Gasteiger partial charge on any atom is -0.479 e. The number of anilines is 1. The van der Waals surface area contributed by atoms with Crippen molar-refractivity contribution in [1.29, 1.82) is 0 Å². The van der Waals surface area contributed by atoms with Crippen LogP contribution in [0.2, 0.25) is 0 Å². The van der Waals surface area contributed by atoms with Crippen LogP contribution in [0.1, 0.15) is 0 Å². The Kier molecular flexibility index (Phi) is 4.62. The summed E-state index contributed by atoms with van der Waals surface area (Å²) in [7, 11) is -2.16. The Morgan fingerprint density at radius 3 is 2.78 bits per heavy atom. The van der Waals surface area contributed by atoms with Crippen molar-refractivity contribution in [3.8, 4) is 0 Å². The molecule has 1 aromatic heterocycles. The fourth-order valence-corrected chi connectivity index (χ4v) is 2.09. The number of methoxy groups -OCH3 is 1. The first-order chi connectivity index (χ1) is 8.36. The van der Waals surface area contributed by atoms with Crippen LogP contribution in [0.25, 0.3) is 0 Å². The van der Waals surface area contributed by atoms with E-state index in [2.05, 4.69) is 10.3 Å². The summed E-state index contributed by atoms with van der Waals surface area (Å²) in [4.78, 5) is 14.6. The minimum atomic E-state index is -3.42. The molecule has 0 aliphatic carbocycles. The van der Waals surface area contributed by atoms with E-state index in [1.807, 2.05) is 0 Å². The van der Waals surface area contributed by atoms with E-state index in [0.717, 1.165) is 6.26 Å². The summed E-state index contributed by atoms with van der Waals surface area (Å²) in [6, 6.07) is 2.89. The largest absolute Gasteiger partial charge is 0.479 e. The molecule has 0 aliphatic rings. The predicted octanol–water partition coefficient (Wildman–Crippen LogP) is -0.00340. The molecule has 7 nitrogen and oxygen atoms in total. The third-order valence-electron chi connectivity index (χ3n) is 2.19. The highest BCUT2D eigenvalue weighted by atomic mass is 32.2. The SMILES string of the molecule is COC(CNc1ncccc1S(C)(=O)=O)C(=O)O. The molecule has 1 heterocycles. The first kappa shape index (κ1) is 14.4. The quantitative estimate of drug-likeness (QED) is 0.751. The summed E-state index contributed by atoms with van der Waals surface area (Å²) >= 11 is 0. The molecule has 0 bridgehead atoms. The van der Waals surface area contributed by atoms with Crippen LogP contribution < -0.4 is 5.32 Å². The van der Waals surface area contributed by atoms with Crippen molar-refractivity contribution in [2.24, 2.45) is 0 Å². The van der Waals surface area contributed by atoms with Crippen LogP contribution in [0.15, 0.2) is 23.2 Å². The Morgan fingerprint density at radius 1 is 1.61 bits per heavy atom. The number of nitrogens with zero attached hydrogens (tertiary/aromatic N) is 1. The van der Waals surface area contributed by atoms with Gasteiger partial charge in [-0.2, -0.15) is 0 Å². The van der Waals surface area contributed by atoms with Crippen molar-refractivity contribution in [2.75, 3.05) is 25.2 Å². The molecule has 0 aliphatic heterocycles. The zero-order chi connectivity index (χ0) is 13.8. The fraction of sp³-hybridized carbons (Fsp3) is 0.400. The van der Waals surface area contributed by atoms with Gasteiger partial charge in [-0.3, -0.25) is 0 Å². The fourth-order valence-electron chi connectivity index (χ4n) is 1.28. The Bertz CT molecular complexity index is 529. The monoisotopic (exact) mass is 274 g/mol. The van der Waals surface area contributed by atoms with Crippen LogP contribution in [-0.2, 0) is 19.4 Å². The normalized spacial score (nSPS) is 13.0. The Balaban J connectivity index is 2.89. The van der Waals surface area contributed by atoms with Gasteiger partial charge in [0, 0.05) is 19.6 Å². The van der Waals surface area contributed by atoms with Gasteiger partial charge in [-0.1, -0.05) is 0 Å². The summed E-state index contributed by atoms with van der Waals surface area (Å²) in [6.45, 7) is -0.0780. The topological polar surface area (TPSA) is 106 Å². The number of hydrogen-bond acceptors (Lipinski definition) is 6. The third-order valence-corrected chi connectivity index (χ3v) is 3.31. The molecule has 0 amide bonds. The lowest BCUT2D eigenvalue weighted by molar-refractivity contribution is -0.147. The van der Waals surface area contributed by atoms with E-state index < -0.39 is 21.9 Å². The van der Waals surface area contributed by atoms with Gasteiger partial charge in [-0.25, -0.2) is 18.2 Å². The first-order valence-corrected chi connectivity index (χ1v) is 6.90. The van der Waals surface area contributed by atoms with Crippen molar-refractivity contribution in [3.63, 3.8) is 0 Å². The van der Waals surface area contributed by atoms with Gasteiger partial charge < -0.3 is 15.2 Å². The van der Waals surface area contributed by atoms with Gasteiger partial charge in [0.2, 0.25) is 0 Å². The van der Waals surface area contributed by atoms with Crippen LogP contribution in [0.3, 0.4) is 0 Å². The van der Waals surface area contributed by atoms with Crippen molar-refractivity contribution < 1.29 is 23.1 Å². The maximum absolute atomic E-state index is 11.5. The summed E-state index contributed by atoms with van der Waals surface area (Å²) in [5.41, 5.74) is 0. The molecule has 1 rings (SSSR count). The third kappa shape index (κ3) is 3.67. The van der Waals surface area contributed by atoms with E-state index in [-0.39, 0.29) is 17.3 Å². The predicted molar refractivity (Wildman–Crippen MR) is 64.3 cm³/mol. The molecular weight excluding hydrogens is 260 g/mol. The molecule has 18 heavy (non-hydrogen) atoms. The van der Waals surface area contributed by atoms with Crippen LogP contribution in [-0.4, -0.2) is 50.5 Å². The Labute approximate surface area is 105 Å². The number of sulfone groups is 1. The van der Waals surface area contributed by atoms with E-state index >= 15 is 0 Å². The van der Waals surface area contributed by atoms with E-state index in [4.69, 9.17) is 9.84 Å². The number of pyridine rings is 1. The van der Waals surface area contributed by atoms with E-state index in [1.54, 1.807) is 0 Å². The average molecular weight is 274 g/mol. The first-order valence-electron chi connectivity index (χ1n) is 5.01. The lowest BCUT2D eigenvalue weighted by Gasteiger charge is -2.13. The Hall–Kier alpha value is -1.67. The second kappa shape index (κ2) is 5.78. The van der Waals surface area contributed by atoms with E-state index in [0.29, 0.717) is 0 Å². The van der Waals surface area contributed by atoms with Gasteiger partial charge in [0.1, 0.15) is 10.7 Å². The standard InChI is InChI=1S/C10H14N2O5S/c1-17-7(10(13)14)6-12-9-8(18(2,15)16)4-3-5-11-9/h3-5,7H,6H2,1-2H3,(H,11,12)(H,13,14). The van der Waals surface area contributed by atoms with Gasteiger partial charge in [-0.15, -0.1) is 0 Å². The molecule has 100 valence electrons. The zero-order valence-electron chi connectivity index (χ0n) is 9.95. The van der Waals surface area contributed by atoms with Gasteiger partial charge in [-0.05, 0) is 12.1 Å². The molecule has 1 aromatic rings. The average Bonchev–Trinajstić information content (AvgIpc) is 2.28. The van der Waals surface area contributed by atoms with Crippen LogP contribution in [0.4, 0.5) is 5.82 Å². The number of carboxylic acid groups (broad SMARTS) is 1. The molecule has 1 atom stereocenters. The van der Waals surface area contributed by atoms with Gasteiger partial charge in [0.25, 0.3) is 0 Å². The maximum atomic E-state index is 11.5. The number of carboxylic acids is 1. The highest BCUT2D eigenvalue weighted by molar-refractivity contribution is 7.90. The van der Waals surface area contributed by atoms with Gasteiger partial charge in [0.15, 0.2) is 15.9 Å². The molecule has 0 aromatic carbocycles. The molecule has 2 N–H and O–H groups in total. The molecule has 0 saturated heterocycles. The van der Waals surface area contributed by atoms with Crippen molar-refractivity contribution in [1.82, 2.24) is 4.98 Å². The summed E-state index contributed by atoms with van der Waals surface area (Å²) in [5.74, 6) is -1.02. The molecular formula is C10H14N2O5S. The molecule has 1 unspecified atom stereocenters. The molecule has 8 heteroatoms. The van der Waals surface area contributed by atoms with Crippen LogP contribution in [0, 0.1) is 0 Å². The van der Waals surface area contributed by atoms with E-state index in [1.165, 1.54) is 25.4 Å². The molecule has 0 radical (unpaired) electrons. The van der Waals surface area contributed by atoms with E-state index in [9.17, 15) is 13.2 Å². The van der Waals surface area contributed by atoms with Crippen molar-refractivity contribution in [3.05, 3.63) is 18.3 Å². The Morgan fingerprint density at radius 2 is 2.28 bits per heavy atom. The summed E-state index contributed by atoms with van der Waals surface area (Å²) in [6.07, 6.45) is 1.40. The van der Waals surface area contributed by atoms with Crippen molar-refractivity contribution >= 4 is 21.6 Å². The zero-order valence-corrected chi connectivity index (χ0v) is 10.8. The lowest BCUT2D eigenvalue weighted by atomic mass is 10.3. The minimum absolute atomic E-state index is 0.0187. The maximum Gasteiger partial charge on any atom is 0.334 e. The highest BCUT2D eigenvalue weighted by Crippen LogP contribution is 2.17. The number of ether oxygens (including phenoxy) is 1. The van der Waals surface area contributed by atoms with Gasteiger partial charge >= 0.3 is 5.97 Å². The number of aromatic nitrogens is 1. The second-order valence-corrected chi connectivity index (χ2v) is 5.55. The smallest absolute Gasteiger partial charge is 0.334 e. The van der Waals surface area contributed by atoms with Gasteiger partial charge in [0.05, 0.1) is 6.54 Å². The number of rotatable bonds is 6. The number of nitrogens with one attached hydrogen (secondary N) is 1. The van der Waals surface area contributed by atoms with Crippen molar-refractivity contribution in [2.45, 2.75) is 11.0 Å². The number of carbonyl (C=O) groups is 1. The molecule has 0 fully saturated rings. The molecule has 0 saturated carbocycles. The summed E-state index contributed by atoms with van der Waals surface area (Å²) < 4.78 is 27.7. The lowest BCUT2D eigenvalue weighted by Crippen LogP contribution is -2.31. The summed E-state index contributed by atoms with van der Waals surface area (Å²) in [5, 5.41) is 11.4. The number of aliphatic carboxylic acids is 1. The second-order valence-electron chi connectivity index (χ2n) is 3.57. The highest BCUT2D eigenvalue weighted by Gasteiger charge is 2.19. The number of hydrogen-bond donors (Lipinski definition) is 2. The van der Waals surface area contributed by atoms with Crippen LogP contribution in [0.5, 0.6) is 0 Å². The van der Waals surface area contributed by atoms with Crippen LogP contribution >= 0.6 is 0 Å². The molecule has 0 spiro atoms.